The minimum atomic E-state index is -0.646. The number of halogens is 1. The summed E-state index contributed by atoms with van der Waals surface area (Å²) in [4.78, 5) is 29.3. The molecule has 0 unspecified atom stereocenters. The molecule has 0 bridgehead atoms. The second kappa shape index (κ2) is 16.1. The molecule has 0 spiro atoms. The predicted octanol–water partition coefficient (Wildman–Crippen LogP) is 6.73. The van der Waals surface area contributed by atoms with Crippen molar-refractivity contribution < 1.29 is 19.1 Å². The van der Waals surface area contributed by atoms with E-state index in [1.54, 1.807) is 4.90 Å². The van der Waals surface area contributed by atoms with Crippen LogP contribution in [0.15, 0.2) is 77.3 Å². The molecule has 0 aliphatic carbocycles. The lowest BCUT2D eigenvalue weighted by molar-refractivity contribution is -0.141. The quantitative estimate of drug-likeness (QED) is 0.208. The van der Waals surface area contributed by atoms with Crippen LogP contribution in [0.5, 0.6) is 11.5 Å². The third-order valence-corrected chi connectivity index (χ3v) is 7.30. The van der Waals surface area contributed by atoms with Crippen LogP contribution in [0.2, 0.25) is 0 Å². The first-order valence-corrected chi connectivity index (χ1v) is 14.9. The minimum absolute atomic E-state index is 0.0104. The van der Waals surface area contributed by atoms with E-state index >= 15 is 0 Å². The van der Waals surface area contributed by atoms with Crippen LogP contribution < -0.4 is 14.8 Å². The topological polar surface area (TPSA) is 67.9 Å². The molecule has 3 aromatic rings. The number of benzene rings is 3. The monoisotopic (exact) mass is 608 g/mol. The molecule has 0 saturated heterocycles. The van der Waals surface area contributed by atoms with E-state index in [0.29, 0.717) is 44.1 Å². The molecular weight excluding hydrogens is 568 g/mol. The lowest BCUT2D eigenvalue weighted by Gasteiger charge is -2.32. The van der Waals surface area contributed by atoms with Crippen molar-refractivity contribution in [1.82, 2.24) is 10.2 Å². The van der Waals surface area contributed by atoms with Crippen LogP contribution in [0.25, 0.3) is 0 Å². The summed E-state index contributed by atoms with van der Waals surface area (Å²) >= 11 is 3.49. The van der Waals surface area contributed by atoms with E-state index in [4.69, 9.17) is 9.47 Å². The number of amides is 2. The zero-order valence-electron chi connectivity index (χ0n) is 24.0. The number of rotatable bonds is 15. The van der Waals surface area contributed by atoms with Crippen molar-refractivity contribution in [3.8, 4) is 11.5 Å². The molecule has 214 valence electrons. The number of aryl methyl sites for hydroxylation is 1. The first kappa shape index (κ1) is 31.2. The zero-order chi connectivity index (χ0) is 28.9. The fraction of sp³-hybridized carbons (Fsp3) is 0.394. The van der Waals surface area contributed by atoms with Gasteiger partial charge in [0.1, 0.15) is 6.04 Å². The molecule has 2 atom stereocenters. The van der Waals surface area contributed by atoms with Gasteiger partial charge in [0, 0.05) is 29.9 Å². The number of carbonyl (C=O) groups excluding carboxylic acids is 2. The van der Waals surface area contributed by atoms with E-state index in [1.165, 1.54) is 0 Å². The van der Waals surface area contributed by atoms with Gasteiger partial charge >= 0.3 is 0 Å². The Hall–Kier alpha value is -3.32. The second-order valence-corrected chi connectivity index (χ2v) is 10.7. The highest BCUT2D eigenvalue weighted by Crippen LogP contribution is 2.29. The van der Waals surface area contributed by atoms with Gasteiger partial charge in [-0.05, 0) is 74.6 Å². The van der Waals surface area contributed by atoms with Crippen molar-refractivity contribution >= 4 is 27.7 Å². The Morgan fingerprint density at radius 2 is 1.50 bits per heavy atom. The second-order valence-electron chi connectivity index (χ2n) is 9.82. The Balaban J connectivity index is 1.90. The number of ether oxygens (including phenoxy) is 2. The molecule has 0 fully saturated rings. The van der Waals surface area contributed by atoms with Gasteiger partial charge < -0.3 is 19.7 Å². The molecule has 0 aliphatic rings. The fourth-order valence-corrected chi connectivity index (χ4v) is 4.69. The van der Waals surface area contributed by atoms with Crippen LogP contribution >= 0.6 is 15.9 Å². The Morgan fingerprint density at radius 3 is 2.15 bits per heavy atom. The summed E-state index contributed by atoms with van der Waals surface area (Å²) in [6.07, 6.45) is 2.03. The predicted molar refractivity (Wildman–Crippen MR) is 164 cm³/mol. The van der Waals surface area contributed by atoms with Crippen LogP contribution in [-0.4, -0.2) is 42.0 Å². The molecule has 6 nitrogen and oxygen atoms in total. The maximum absolute atomic E-state index is 13.9. The maximum atomic E-state index is 13.9. The molecule has 40 heavy (non-hydrogen) atoms. The third-order valence-electron chi connectivity index (χ3n) is 6.77. The Morgan fingerprint density at radius 1 is 0.850 bits per heavy atom. The largest absolute Gasteiger partial charge is 0.490 e. The van der Waals surface area contributed by atoms with Crippen LogP contribution in [0.3, 0.4) is 0 Å². The molecule has 0 aromatic heterocycles. The van der Waals surface area contributed by atoms with Crippen molar-refractivity contribution in [2.75, 3.05) is 13.2 Å². The van der Waals surface area contributed by atoms with Gasteiger partial charge in [-0.1, -0.05) is 71.4 Å². The normalized spacial score (nSPS) is 12.3. The molecule has 1 N–H and O–H groups in total. The summed E-state index contributed by atoms with van der Waals surface area (Å²) < 4.78 is 12.4. The van der Waals surface area contributed by atoms with Crippen molar-refractivity contribution in [1.29, 1.82) is 0 Å². The summed E-state index contributed by atoms with van der Waals surface area (Å²) in [6, 6.07) is 22.9. The molecule has 3 aromatic carbocycles. The van der Waals surface area contributed by atoms with E-state index in [2.05, 4.69) is 21.2 Å². The van der Waals surface area contributed by atoms with Crippen LogP contribution in [0.1, 0.15) is 57.2 Å². The van der Waals surface area contributed by atoms with Gasteiger partial charge in [0.15, 0.2) is 11.5 Å². The smallest absolute Gasteiger partial charge is 0.243 e. The lowest BCUT2D eigenvalue weighted by Crippen LogP contribution is -2.52. The van der Waals surface area contributed by atoms with Gasteiger partial charge in [-0.3, -0.25) is 9.59 Å². The highest BCUT2D eigenvalue weighted by atomic mass is 79.9. The first-order chi connectivity index (χ1) is 19.3. The highest BCUT2D eigenvalue weighted by molar-refractivity contribution is 9.10. The van der Waals surface area contributed by atoms with Gasteiger partial charge in [-0.15, -0.1) is 0 Å². The Labute approximate surface area is 247 Å². The van der Waals surface area contributed by atoms with Crippen molar-refractivity contribution in [2.45, 2.75) is 72.0 Å². The van der Waals surface area contributed by atoms with E-state index in [9.17, 15) is 9.59 Å². The van der Waals surface area contributed by atoms with Gasteiger partial charge in [0.25, 0.3) is 0 Å². The molecule has 2 amide bonds. The van der Waals surface area contributed by atoms with Crippen molar-refractivity contribution in [2.24, 2.45) is 0 Å². The van der Waals surface area contributed by atoms with E-state index in [1.807, 2.05) is 100 Å². The number of hydrogen-bond acceptors (Lipinski definition) is 4. The molecular formula is C33H41BrN2O4. The van der Waals surface area contributed by atoms with Crippen molar-refractivity contribution in [3.63, 3.8) is 0 Å². The van der Waals surface area contributed by atoms with Crippen LogP contribution in [-0.2, 0) is 29.0 Å². The zero-order valence-corrected chi connectivity index (χ0v) is 25.6. The lowest BCUT2D eigenvalue weighted by atomic mass is 10.0. The Kier molecular flexibility index (Phi) is 12.5. The fourth-order valence-electron chi connectivity index (χ4n) is 4.43. The molecule has 0 saturated carbocycles. The Bertz CT molecular complexity index is 1220. The molecule has 0 aliphatic heterocycles. The number of hydrogen-bond donors (Lipinski definition) is 1. The molecule has 0 heterocycles. The van der Waals surface area contributed by atoms with Gasteiger partial charge in [0.2, 0.25) is 11.8 Å². The molecule has 0 radical (unpaired) electrons. The number of nitrogens with one attached hydrogen (secondary N) is 1. The van der Waals surface area contributed by atoms with Gasteiger partial charge in [-0.2, -0.15) is 0 Å². The summed E-state index contributed by atoms with van der Waals surface area (Å²) in [5.41, 5.74) is 2.95. The van der Waals surface area contributed by atoms with Gasteiger partial charge in [0.05, 0.1) is 13.2 Å². The average Bonchev–Trinajstić information content (AvgIpc) is 2.96. The van der Waals surface area contributed by atoms with E-state index in [-0.39, 0.29) is 24.3 Å². The first-order valence-electron chi connectivity index (χ1n) is 14.1. The molecule has 7 heteroatoms. The minimum Gasteiger partial charge on any atom is -0.490 e. The number of carbonyl (C=O) groups is 2. The maximum Gasteiger partial charge on any atom is 0.243 e. The van der Waals surface area contributed by atoms with Crippen molar-refractivity contribution in [3.05, 3.63) is 94.0 Å². The summed E-state index contributed by atoms with van der Waals surface area (Å²) in [5, 5.41) is 3.12. The summed E-state index contributed by atoms with van der Waals surface area (Å²) in [7, 11) is 0. The third kappa shape index (κ3) is 9.40. The highest BCUT2D eigenvalue weighted by Gasteiger charge is 2.30. The molecule has 3 rings (SSSR count). The average molecular weight is 610 g/mol. The number of nitrogens with zero attached hydrogens (tertiary/aromatic N) is 1. The standard InChI is InChI=1S/C33H41BrN2O4/c1-5-24(4)35-33(38)29(21-25-11-9-8-10-12-25)36(23-27-13-17-28(34)18-14-27)32(37)20-16-26-15-19-30(39-6-2)31(22-26)40-7-3/h8-15,17-19,22,24,29H,5-7,16,20-21,23H2,1-4H3,(H,35,38)/t24-,29-/m1/s1. The van der Waals surface area contributed by atoms with E-state index < -0.39 is 6.04 Å². The van der Waals surface area contributed by atoms with E-state index in [0.717, 1.165) is 27.6 Å². The van der Waals surface area contributed by atoms with Crippen LogP contribution in [0, 0.1) is 0 Å². The SMILES string of the molecule is CCOc1ccc(CCC(=O)N(Cc2ccc(Br)cc2)[C@H](Cc2ccccc2)C(=O)N[C@H](C)CC)cc1OCC. The summed E-state index contributed by atoms with van der Waals surface area (Å²) in [5.74, 6) is 1.16. The van der Waals surface area contributed by atoms with Gasteiger partial charge in [-0.25, -0.2) is 0 Å². The van der Waals surface area contributed by atoms with Crippen LogP contribution in [0.4, 0.5) is 0 Å². The summed E-state index contributed by atoms with van der Waals surface area (Å²) in [6.45, 7) is 9.30.